The van der Waals surface area contributed by atoms with Crippen LogP contribution in [0.15, 0.2) is 121 Å². The SMILES string of the molecule is CN(C)S(=O)(=O)c1ccc(CN2C(=O)C(Cc3ccncc3)(Cc3ccncc3)c3ccc(-c4ccc(C=O)cc4)cc32)cc1. The Labute approximate surface area is 263 Å². The van der Waals surface area contributed by atoms with Gasteiger partial charge in [0, 0.05) is 50.1 Å². The van der Waals surface area contributed by atoms with Gasteiger partial charge in [-0.05, 0) is 88.7 Å². The van der Waals surface area contributed by atoms with Gasteiger partial charge in [0.1, 0.15) is 6.29 Å². The van der Waals surface area contributed by atoms with Crippen molar-refractivity contribution in [3.8, 4) is 11.1 Å². The smallest absolute Gasteiger partial charge is 0.242 e. The summed E-state index contributed by atoms with van der Waals surface area (Å²) in [7, 11) is -0.592. The number of pyridine rings is 2. The predicted octanol–water partition coefficient (Wildman–Crippen LogP) is 5.48. The van der Waals surface area contributed by atoms with Gasteiger partial charge >= 0.3 is 0 Å². The molecule has 0 spiro atoms. The zero-order chi connectivity index (χ0) is 31.6. The van der Waals surface area contributed by atoms with Gasteiger partial charge in [-0.25, -0.2) is 12.7 Å². The molecule has 226 valence electrons. The van der Waals surface area contributed by atoms with E-state index in [-0.39, 0.29) is 17.3 Å². The standard InChI is InChI=1S/C36H32N4O4S/c1-39(2)45(43,44)32-10-5-28(6-11-32)24-40-34-21-31(30-7-3-29(25-41)4-8-30)9-12-33(34)36(35(40)42,22-26-13-17-37-18-14-26)23-27-15-19-38-20-16-27/h3-21,25H,22-24H2,1-2H3. The molecule has 0 fully saturated rings. The molecular formula is C36H32N4O4S. The second kappa shape index (κ2) is 12.2. The Morgan fingerprint density at radius 3 is 1.82 bits per heavy atom. The minimum absolute atomic E-state index is 0.0374. The fraction of sp³-hybridized carbons (Fsp3) is 0.167. The average Bonchev–Trinajstić information content (AvgIpc) is 3.27. The minimum atomic E-state index is -3.59. The molecule has 0 unspecified atom stereocenters. The maximum absolute atomic E-state index is 14.9. The molecule has 45 heavy (non-hydrogen) atoms. The lowest BCUT2D eigenvalue weighted by atomic mass is 9.72. The number of aromatic nitrogens is 2. The van der Waals surface area contributed by atoms with E-state index in [1.54, 1.807) is 61.2 Å². The molecule has 0 N–H and O–H groups in total. The molecule has 1 aliphatic heterocycles. The van der Waals surface area contributed by atoms with E-state index >= 15 is 0 Å². The van der Waals surface area contributed by atoms with Crippen molar-refractivity contribution >= 4 is 27.9 Å². The zero-order valence-corrected chi connectivity index (χ0v) is 25.8. The first kappa shape index (κ1) is 30.1. The van der Waals surface area contributed by atoms with Crippen molar-refractivity contribution in [3.05, 3.63) is 144 Å². The monoisotopic (exact) mass is 616 g/mol. The van der Waals surface area contributed by atoms with Crippen LogP contribution in [0.2, 0.25) is 0 Å². The number of anilines is 1. The van der Waals surface area contributed by atoms with Crippen molar-refractivity contribution in [2.45, 2.75) is 29.7 Å². The number of fused-ring (bicyclic) bond motifs is 1. The Balaban J connectivity index is 1.48. The van der Waals surface area contributed by atoms with Crippen molar-refractivity contribution in [3.63, 3.8) is 0 Å². The van der Waals surface area contributed by atoms with Gasteiger partial charge in [-0.15, -0.1) is 0 Å². The second-order valence-corrected chi connectivity index (χ2v) is 13.6. The van der Waals surface area contributed by atoms with Crippen LogP contribution in [0.25, 0.3) is 11.1 Å². The summed E-state index contributed by atoms with van der Waals surface area (Å²) in [6.45, 7) is 0.260. The van der Waals surface area contributed by atoms with Crippen LogP contribution in [0.5, 0.6) is 0 Å². The van der Waals surface area contributed by atoms with Gasteiger partial charge in [-0.1, -0.05) is 48.5 Å². The zero-order valence-electron chi connectivity index (χ0n) is 25.0. The highest BCUT2D eigenvalue weighted by Crippen LogP contribution is 2.48. The first-order chi connectivity index (χ1) is 21.7. The van der Waals surface area contributed by atoms with E-state index in [9.17, 15) is 18.0 Å². The fourth-order valence-corrected chi connectivity index (χ4v) is 6.90. The van der Waals surface area contributed by atoms with E-state index in [2.05, 4.69) is 9.97 Å². The molecule has 1 amide bonds. The minimum Gasteiger partial charge on any atom is -0.307 e. The molecule has 9 heteroatoms. The highest BCUT2D eigenvalue weighted by molar-refractivity contribution is 7.89. The number of carbonyl (C=O) groups excluding carboxylic acids is 2. The summed E-state index contributed by atoms with van der Waals surface area (Å²) < 4.78 is 26.5. The number of sulfonamides is 1. The first-order valence-electron chi connectivity index (χ1n) is 14.5. The Morgan fingerprint density at radius 1 is 0.733 bits per heavy atom. The molecule has 0 saturated carbocycles. The van der Waals surface area contributed by atoms with Crippen molar-refractivity contribution in [1.29, 1.82) is 0 Å². The van der Waals surface area contributed by atoms with Crippen molar-refractivity contribution in [2.75, 3.05) is 19.0 Å². The molecule has 5 aromatic rings. The molecule has 1 aliphatic rings. The number of aldehydes is 1. The lowest BCUT2D eigenvalue weighted by molar-refractivity contribution is -0.123. The second-order valence-electron chi connectivity index (χ2n) is 11.4. The molecule has 3 heterocycles. The molecule has 0 aliphatic carbocycles. The van der Waals surface area contributed by atoms with Crippen molar-refractivity contribution in [1.82, 2.24) is 14.3 Å². The molecule has 8 nitrogen and oxygen atoms in total. The third-order valence-electron chi connectivity index (χ3n) is 8.39. The van der Waals surface area contributed by atoms with Crippen LogP contribution in [0.1, 0.15) is 32.6 Å². The molecule has 0 radical (unpaired) electrons. The van der Waals surface area contributed by atoms with E-state index in [0.29, 0.717) is 18.4 Å². The summed E-state index contributed by atoms with van der Waals surface area (Å²) in [5.41, 5.74) is 6.02. The number of hydrogen-bond donors (Lipinski definition) is 0. The molecule has 2 aromatic heterocycles. The number of hydrogen-bond acceptors (Lipinski definition) is 6. The summed E-state index contributed by atoms with van der Waals surface area (Å²) >= 11 is 0. The van der Waals surface area contributed by atoms with Crippen LogP contribution in [0.3, 0.4) is 0 Å². The van der Waals surface area contributed by atoms with E-state index in [1.165, 1.54) is 18.4 Å². The Hall–Kier alpha value is -4.99. The normalized spacial score (nSPS) is 14.0. The molecule has 0 saturated heterocycles. The maximum atomic E-state index is 14.9. The van der Waals surface area contributed by atoms with Crippen LogP contribution < -0.4 is 4.90 Å². The number of amides is 1. The molecule has 0 atom stereocenters. The third-order valence-corrected chi connectivity index (χ3v) is 10.2. The van der Waals surface area contributed by atoms with Gasteiger partial charge in [0.15, 0.2) is 0 Å². The molecule has 6 rings (SSSR count). The number of benzene rings is 3. The summed E-state index contributed by atoms with van der Waals surface area (Å²) in [5.74, 6) is -0.0374. The van der Waals surface area contributed by atoms with Crippen LogP contribution in [0.4, 0.5) is 5.69 Å². The van der Waals surface area contributed by atoms with Crippen LogP contribution in [-0.2, 0) is 39.6 Å². The Kier molecular flexibility index (Phi) is 8.14. The van der Waals surface area contributed by atoms with Crippen molar-refractivity contribution < 1.29 is 18.0 Å². The van der Waals surface area contributed by atoms with Gasteiger partial charge in [-0.3, -0.25) is 19.6 Å². The third kappa shape index (κ3) is 5.80. The number of nitrogens with zero attached hydrogens (tertiary/aromatic N) is 4. The predicted molar refractivity (Wildman–Crippen MR) is 173 cm³/mol. The summed E-state index contributed by atoms with van der Waals surface area (Å²) in [5, 5.41) is 0. The molecular weight excluding hydrogens is 584 g/mol. The maximum Gasteiger partial charge on any atom is 0.242 e. The lowest BCUT2D eigenvalue weighted by Gasteiger charge is -2.29. The van der Waals surface area contributed by atoms with Crippen LogP contribution in [0, 0.1) is 0 Å². The largest absolute Gasteiger partial charge is 0.307 e. The summed E-state index contributed by atoms with van der Waals surface area (Å²) in [6.07, 6.45) is 8.70. The molecule has 0 bridgehead atoms. The quantitative estimate of drug-likeness (QED) is 0.193. The fourth-order valence-electron chi connectivity index (χ4n) is 6.00. The summed E-state index contributed by atoms with van der Waals surface area (Å²) in [6, 6.07) is 27.9. The Bertz CT molecular complexity index is 1900. The first-order valence-corrected chi connectivity index (χ1v) is 16.0. The number of rotatable bonds is 10. The van der Waals surface area contributed by atoms with Gasteiger partial charge < -0.3 is 4.90 Å². The Morgan fingerprint density at radius 2 is 1.29 bits per heavy atom. The lowest BCUT2D eigenvalue weighted by Crippen LogP contribution is -2.43. The molecule has 3 aromatic carbocycles. The van der Waals surface area contributed by atoms with E-state index in [4.69, 9.17) is 0 Å². The van der Waals surface area contributed by atoms with E-state index in [1.807, 2.05) is 59.5 Å². The van der Waals surface area contributed by atoms with Crippen LogP contribution >= 0.6 is 0 Å². The van der Waals surface area contributed by atoms with Gasteiger partial charge in [-0.2, -0.15) is 0 Å². The van der Waals surface area contributed by atoms with Gasteiger partial charge in [0.25, 0.3) is 0 Å². The van der Waals surface area contributed by atoms with E-state index < -0.39 is 15.4 Å². The van der Waals surface area contributed by atoms with Gasteiger partial charge in [0.05, 0.1) is 16.9 Å². The van der Waals surface area contributed by atoms with Crippen molar-refractivity contribution in [2.24, 2.45) is 0 Å². The van der Waals surface area contributed by atoms with E-state index in [0.717, 1.165) is 45.4 Å². The number of carbonyl (C=O) groups is 2. The topological polar surface area (TPSA) is 101 Å². The van der Waals surface area contributed by atoms with Gasteiger partial charge in [0.2, 0.25) is 15.9 Å². The summed E-state index contributed by atoms with van der Waals surface area (Å²) in [4.78, 5) is 36.5. The highest BCUT2D eigenvalue weighted by Gasteiger charge is 2.50. The highest BCUT2D eigenvalue weighted by atomic mass is 32.2. The average molecular weight is 617 g/mol. The van der Waals surface area contributed by atoms with Crippen LogP contribution in [-0.4, -0.2) is 49.0 Å².